The molecule has 0 aliphatic carbocycles. The number of nitrogens with one attached hydrogen (secondary N) is 1. The van der Waals surface area contributed by atoms with Crippen LogP contribution in [0, 0.1) is 5.92 Å². The Morgan fingerprint density at radius 2 is 1.97 bits per heavy atom. The van der Waals surface area contributed by atoms with Gasteiger partial charge in [-0.15, -0.1) is 10.2 Å². The third-order valence-corrected chi connectivity index (χ3v) is 6.01. The molecule has 0 saturated heterocycles. The van der Waals surface area contributed by atoms with Gasteiger partial charge in [0.2, 0.25) is 0 Å². The normalized spacial score (nSPS) is 14.2. The lowest BCUT2D eigenvalue weighted by Crippen LogP contribution is -2.24. The Balaban J connectivity index is 1.71. The number of hydrogen-bond donors (Lipinski definition) is 1. The summed E-state index contributed by atoms with van der Waals surface area (Å²) >= 11 is 0. The van der Waals surface area contributed by atoms with Gasteiger partial charge < -0.3 is 14.8 Å². The van der Waals surface area contributed by atoms with E-state index in [2.05, 4.69) is 36.3 Å². The topological polar surface area (TPSA) is 92.1 Å². The molecule has 32 heavy (non-hydrogen) atoms. The van der Waals surface area contributed by atoms with Crippen LogP contribution in [0.2, 0.25) is 0 Å². The maximum atomic E-state index is 13.4. The summed E-state index contributed by atoms with van der Waals surface area (Å²) in [5, 5.41) is 11.6. The number of hydrogen-bond acceptors (Lipinski definition) is 7. The fourth-order valence-corrected chi connectivity index (χ4v) is 3.82. The number of rotatable bonds is 7. The smallest absolute Gasteiger partial charge is 0.260 e. The van der Waals surface area contributed by atoms with Gasteiger partial charge in [-0.2, -0.15) is 0 Å². The largest absolute Gasteiger partial charge is 0.363 e. The highest BCUT2D eigenvalue weighted by Gasteiger charge is 2.33. The van der Waals surface area contributed by atoms with Gasteiger partial charge in [0.15, 0.2) is 5.82 Å². The van der Waals surface area contributed by atoms with E-state index in [9.17, 15) is 4.79 Å². The maximum Gasteiger partial charge on any atom is 0.260 e. The van der Waals surface area contributed by atoms with E-state index in [1.165, 1.54) is 0 Å². The highest BCUT2D eigenvalue weighted by atomic mass is 16.2. The molecule has 1 N–H and O–H groups in total. The zero-order valence-electron chi connectivity index (χ0n) is 19.5. The van der Waals surface area contributed by atoms with Gasteiger partial charge in [-0.3, -0.25) is 9.69 Å². The van der Waals surface area contributed by atoms with Crippen LogP contribution in [-0.4, -0.2) is 51.8 Å². The number of fused-ring (bicyclic) bond motifs is 1. The van der Waals surface area contributed by atoms with Gasteiger partial charge in [-0.1, -0.05) is 19.9 Å². The van der Waals surface area contributed by atoms with Crippen LogP contribution < -0.4 is 15.1 Å². The van der Waals surface area contributed by atoms with Gasteiger partial charge in [0, 0.05) is 32.2 Å². The highest BCUT2D eigenvalue weighted by molar-refractivity contribution is 6.10. The molecule has 1 atom stereocenters. The first kappa shape index (κ1) is 21.9. The lowest BCUT2D eigenvalue weighted by molar-refractivity contribution is 0.0996. The molecule has 0 aromatic carbocycles. The number of carbonyl (C=O) groups is 1. The Kier molecular flexibility index (Phi) is 5.92. The minimum absolute atomic E-state index is 0.0653. The molecule has 0 saturated carbocycles. The third-order valence-electron chi connectivity index (χ3n) is 6.01. The van der Waals surface area contributed by atoms with E-state index in [4.69, 9.17) is 9.97 Å². The summed E-state index contributed by atoms with van der Waals surface area (Å²) in [6.45, 7) is 7.50. The average molecular weight is 435 g/mol. The number of amides is 1. The van der Waals surface area contributed by atoms with Crippen molar-refractivity contribution < 1.29 is 4.79 Å². The lowest BCUT2D eigenvalue weighted by atomic mass is 10.1. The van der Waals surface area contributed by atoms with E-state index >= 15 is 0 Å². The second-order valence-electron chi connectivity index (χ2n) is 8.70. The van der Waals surface area contributed by atoms with E-state index in [0.29, 0.717) is 41.9 Å². The molecule has 0 radical (unpaired) electrons. The summed E-state index contributed by atoms with van der Waals surface area (Å²) < 4.78 is 2.04. The first-order valence-electron chi connectivity index (χ1n) is 10.8. The summed E-state index contributed by atoms with van der Waals surface area (Å²) in [5.41, 5.74) is 3.20. The predicted molar refractivity (Wildman–Crippen MR) is 125 cm³/mol. The molecule has 3 aromatic heterocycles. The number of aromatic nitrogens is 5. The molecular formula is C23H30N8O. The maximum absolute atomic E-state index is 13.4. The van der Waals surface area contributed by atoms with E-state index < -0.39 is 0 Å². The molecule has 1 unspecified atom stereocenters. The average Bonchev–Trinajstić information content (AvgIpc) is 3.39. The SMILES string of the molecule is CNCc1nc(N(C)C)cc2c1CN(c1cccc(-c3nncn3C(C)C(C)C)n1)C2=O. The molecule has 3 aromatic rings. The van der Waals surface area contributed by atoms with Crippen LogP contribution in [-0.2, 0) is 13.1 Å². The van der Waals surface area contributed by atoms with Gasteiger partial charge in [-0.25, -0.2) is 9.97 Å². The zero-order valence-corrected chi connectivity index (χ0v) is 19.5. The van der Waals surface area contributed by atoms with Gasteiger partial charge in [-0.05, 0) is 38.1 Å². The number of pyridine rings is 2. The molecule has 0 spiro atoms. The molecule has 4 rings (SSSR count). The second-order valence-corrected chi connectivity index (χ2v) is 8.70. The van der Waals surface area contributed by atoms with Gasteiger partial charge >= 0.3 is 0 Å². The Morgan fingerprint density at radius 3 is 2.66 bits per heavy atom. The molecule has 9 nitrogen and oxygen atoms in total. The molecule has 1 aliphatic rings. The van der Waals surface area contributed by atoms with Crippen molar-refractivity contribution in [2.75, 3.05) is 30.9 Å². The number of anilines is 2. The Morgan fingerprint density at radius 1 is 1.19 bits per heavy atom. The van der Waals surface area contributed by atoms with Crippen LogP contribution >= 0.6 is 0 Å². The first-order valence-corrected chi connectivity index (χ1v) is 10.8. The van der Waals surface area contributed by atoms with Crippen molar-refractivity contribution >= 4 is 17.5 Å². The first-order chi connectivity index (χ1) is 15.3. The minimum Gasteiger partial charge on any atom is -0.363 e. The summed E-state index contributed by atoms with van der Waals surface area (Å²) in [6, 6.07) is 7.76. The van der Waals surface area contributed by atoms with Gasteiger partial charge in [0.1, 0.15) is 23.7 Å². The van der Waals surface area contributed by atoms with Gasteiger partial charge in [0.05, 0.1) is 17.8 Å². The van der Waals surface area contributed by atoms with E-state index in [0.717, 1.165) is 17.1 Å². The van der Waals surface area contributed by atoms with Crippen LogP contribution in [0.25, 0.3) is 11.5 Å². The van der Waals surface area contributed by atoms with E-state index in [1.807, 2.05) is 54.9 Å². The van der Waals surface area contributed by atoms with Gasteiger partial charge in [0.25, 0.3) is 5.91 Å². The quantitative estimate of drug-likeness (QED) is 0.611. The molecule has 0 fully saturated rings. The van der Waals surface area contributed by atoms with Crippen LogP contribution in [0.5, 0.6) is 0 Å². The molecule has 1 aliphatic heterocycles. The lowest BCUT2D eigenvalue weighted by Gasteiger charge is -2.19. The second kappa shape index (κ2) is 8.66. The summed E-state index contributed by atoms with van der Waals surface area (Å²) in [4.78, 5) is 26.5. The third kappa shape index (κ3) is 3.84. The number of carbonyl (C=O) groups excluding carboxylic acids is 1. The molecule has 0 bridgehead atoms. The van der Waals surface area contributed by atoms with Crippen LogP contribution in [0.4, 0.5) is 11.6 Å². The van der Waals surface area contributed by atoms with Crippen molar-refractivity contribution in [2.24, 2.45) is 5.92 Å². The zero-order chi connectivity index (χ0) is 23.0. The van der Waals surface area contributed by atoms with Crippen LogP contribution in [0.15, 0.2) is 30.6 Å². The summed E-state index contributed by atoms with van der Waals surface area (Å²) in [6.07, 6.45) is 1.74. The summed E-state index contributed by atoms with van der Waals surface area (Å²) in [5.74, 6) is 2.42. The Bertz CT molecular complexity index is 1140. The van der Waals surface area contributed by atoms with E-state index in [1.54, 1.807) is 11.2 Å². The van der Waals surface area contributed by atoms with Crippen LogP contribution in [0.3, 0.4) is 0 Å². The molecule has 1 amide bonds. The molecule has 4 heterocycles. The van der Waals surface area contributed by atoms with Crippen molar-refractivity contribution in [1.82, 2.24) is 30.0 Å². The molecular weight excluding hydrogens is 404 g/mol. The van der Waals surface area contributed by atoms with Crippen molar-refractivity contribution in [3.8, 4) is 11.5 Å². The fourth-order valence-electron chi connectivity index (χ4n) is 3.82. The summed E-state index contributed by atoms with van der Waals surface area (Å²) in [7, 11) is 5.73. The Hall–Kier alpha value is -3.33. The predicted octanol–water partition coefficient (Wildman–Crippen LogP) is 2.90. The van der Waals surface area contributed by atoms with Crippen molar-refractivity contribution in [3.05, 3.63) is 47.4 Å². The van der Waals surface area contributed by atoms with Crippen LogP contribution in [0.1, 0.15) is 48.4 Å². The molecule has 168 valence electrons. The minimum atomic E-state index is -0.0653. The fraction of sp³-hybridized carbons (Fsp3) is 0.435. The Labute approximate surface area is 188 Å². The van der Waals surface area contributed by atoms with Crippen molar-refractivity contribution in [3.63, 3.8) is 0 Å². The molecule has 9 heteroatoms. The monoisotopic (exact) mass is 434 g/mol. The highest BCUT2D eigenvalue weighted by Crippen LogP contribution is 2.32. The van der Waals surface area contributed by atoms with Crippen molar-refractivity contribution in [1.29, 1.82) is 0 Å². The number of nitrogens with zero attached hydrogens (tertiary/aromatic N) is 7. The standard InChI is InChI=1S/C23H30N8O/c1-14(2)15(3)31-13-25-28-22(31)18-8-7-9-20(26-18)30-12-17-16(23(30)32)10-21(29(5)6)27-19(17)11-24-4/h7-10,13-15,24H,11-12H2,1-6H3. The van der Waals surface area contributed by atoms with Crippen molar-refractivity contribution in [2.45, 2.75) is 39.9 Å². The van der Waals surface area contributed by atoms with E-state index in [-0.39, 0.29) is 11.9 Å².